The predicted octanol–water partition coefficient (Wildman–Crippen LogP) is 10.8. The van der Waals surface area contributed by atoms with Crippen molar-refractivity contribution >= 4 is 0 Å². The van der Waals surface area contributed by atoms with Crippen LogP contribution >= 0.6 is 0 Å². The molecule has 0 heterocycles. The maximum atomic E-state index is 9.90. The van der Waals surface area contributed by atoms with E-state index in [9.17, 15) is 5.11 Å². The molecule has 0 bridgehead atoms. The van der Waals surface area contributed by atoms with Crippen LogP contribution in [0.25, 0.3) is 0 Å². The Kier molecular flexibility index (Phi) is 8.54. The lowest BCUT2D eigenvalue weighted by atomic mass is 9.28. The van der Waals surface area contributed by atoms with Gasteiger partial charge in [-0.25, -0.2) is 0 Å². The molecule has 4 saturated carbocycles. The second kappa shape index (κ2) is 10.6. The van der Waals surface area contributed by atoms with Gasteiger partial charge in [-0.15, -0.1) is 0 Å². The Morgan fingerprint density at radius 1 is 1.00 bits per heavy atom. The van der Waals surface area contributed by atoms with Crippen LogP contribution in [0.2, 0.25) is 0 Å². The molecule has 0 amide bonds. The van der Waals surface area contributed by atoms with Gasteiger partial charge in [-0.2, -0.15) is 0 Å². The van der Waals surface area contributed by atoms with Gasteiger partial charge in [-0.05, 0) is 127 Å². The van der Waals surface area contributed by atoms with E-state index in [1.54, 1.807) is 0 Å². The van der Waals surface area contributed by atoms with Gasteiger partial charge in [-0.3, -0.25) is 0 Å². The summed E-state index contributed by atoms with van der Waals surface area (Å²) in [6.07, 6.45) is 7.22. The molecule has 4 aliphatic rings. The molecule has 0 aromatic heterocycles. The van der Waals surface area contributed by atoms with Crippen molar-refractivity contribution < 1.29 is 5.11 Å². The molecule has 1 heteroatoms. The highest BCUT2D eigenvalue weighted by molar-refractivity contribution is 5.34. The first-order chi connectivity index (χ1) is 18.3. The van der Waals surface area contributed by atoms with Crippen molar-refractivity contribution in [2.45, 2.75) is 135 Å². The highest BCUT2D eigenvalue weighted by Crippen LogP contribution is 2.78. The first kappa shape index (κ1) is 32.4. The summed E-state index contributed by atoms with van der Waals surface area (Å²) in [5.74, 6) is 7.71. The van der Waals surface area contributed by atoms with E-state index in [4.69, 9.17) is 6.58 Å². The molecule has 0 aromatic carbocycles. The summed E-state index contributed by atoms with van der Waals surface area (Å²) >= 11 is 0. The minimum Gasteiger partial charge on any atom is -0.393 e. The van der Waals surface area contributed by atoms with Gasteiger partial charge < -0.3 is 5.11 Å². The Hall–Kier alpha value is -0.560. The zero-order valence-electron chi connectivity index (χ0n) is 29.0. The summed E-state index contributed by atoms with van der Waals surface area (Å²) in [7, 11) is 0. The number of aliphatic hydroxyl groups is 1. The van der Waals surface area contributed by atoms with E-state index >= 15 is 0 Å². The summed E-state index contributed by atoms with van der Waals surface area (Å²) < 4.78 is 0. The zero-order valence-corrected chi connectivity index (χ0v) is 29.0. The monoisotopic (exact) mass is 553 g/mol. The van der Waals surface area contributed by atoms with Crippen LogP contribution in [0.5, 0.6) is 0 Å². The molecule has 230 valence electrons. The Morgan fingerprint density at radius 3 is 2.15 bits per heavy atom. The molecule has 0 saturated heterocycles. The molecule has 4 aliphatic carbocycles. The fraction of sp³-hybridized carbons (Fsp3) is 0.897. The quantitative estimate of drug-likeness (QED) is 0.325. The second-order valence-electron chi connectivity index (χ2n) is 17.7. The van der Waals surface area contributed by atoms with Gasteiger partial charge in [-0.1, -0.05) is 107 Å². The van der Waals surface area contributed by atoms with Gasteiger partial charge in [0.1, 0.15) is 0 Å². The zero-order chi connectivity index (χ0) is 30.3. The van der Waals surface area contributed by atoms with Gasteiger partial charge in [0.2, 0.25) is 0 Å². The van der Waals surface area contributed by atoms with Crippen LogP contribution in [0.1, 0.15) is 129 Å². The Labute approximate surface area is 250 Å². The highest BCUT2D eigenvalue weighted by atomic mass is 16.3. The SMILES string of the molecule is C=C(C)C1C(=C)C2(C)C(C)C3C(C)C4C(C)C(C(C)(C)CCCC(C)O)CCC4C(C)C3(C)C(C)C2(C)CC1C. The lowest BCUT2D eigenvalue weighted by Crippen LogP contribution is -2.70. The fourth-order valence-electron chi connectivity index (χ4n) is 13.6. The average molecular weight is 553 g/mol. The second-order valence-corrected chi connectivity index (χ2v) is 17.7. The minimum absolute atomic E-state index is 0.130. The van der Waals surface area contributed by atoms with Crippen LogP contribution in [-0.2, 0) is 0 Å². The van der Waals surface area contributed by atoms with E-state index in [2.05, 4.69) is 89.7 Å². The molecule has 40 heavy (non-hydrogen) atoms. The third-order valence-corrected chi connectivity index (χ3v) is 15.9. The molecule has 0 aromatic rings. The van der Waals surface area contributed by atoms with E-state index in [0.717, 1.165) is 48.3 Å². The van der Waals surface area contributed by atoms with Crippen LogP contribution in [0.4, 0.5) is 0 Å². The van der Waals surface area contributed by atoms with Crippen LogP contribution in [0.15, 0.2) is 24.3 Å². The van der Waals surface area contributed by atoms with Gasteiger partial charge >= 0.3 is 0 Å². The van der Waals surface area contributed by atoms with Crippen molar-refractivity contribution in [1.82, 2.24) is 0 Å². The Morgan fingerprint density at radius 2 is 1.60 bits per heavy atom. The standard InChI is InChI=1S/C39H68O/c1-22(2)33-23(3)21-37(13)30(10)38(14)27(7)31-18-19-32(36(11,12)20-16-17-24(4)40)25(5)34(31)26(6)35(38)29(9)39(37,15)28(33)8/h23-27,29-35,40H,1,8,16-21H2,2-7,9-15H3. The number of hydrogen-bond acceptors (Lipinski definition) is 1. The summed E-state index contributed by atoms with van der Waals surface area (Å²) in [5.41, 5.74) is 3.89. The van der Waals surface area contributed by atoms with E-state index in [1.807, 2.05) is 6.92 Å². The number of fused-ring (bicyclic) bond motifs is 3. The number of hydrogen-bond donors (Lipinski definition) is 1. The fourth-order valence-corrected chi connectivity index (χ4v) is 13.6. The Bertz CT molecular complexity index is 973. The molecule has 0 spiro atoms. The number of allylic oxidation sites excluding steroid dienone is 2. The van der Waals surface area contributed by atoms with E-state index < -0.39 is 0 Å². The molecule has 15 atom stereocenters. The number of aliphatic hydroxyl groups excluding tert-OH is 1. The summed E-state index contributed by atoms with van der Waals surface area (Å²) in [4.78, 5) is 0. The first-order valence-corrected chi connectivity index (χ1v) is 17.3. The van der Waals surface area contributed by atoms with Crippen molar-refractivity contribution in [3.8, 4) is 0 Å². The van der Waals surface area contributed by atoms with Crippen LogP contribution < -0.4 is 0 Å². The maximum Gasteiger partial charge on any atom is 0.0512 e. The molecule has 4 fully saturated rings. The molecule has 1 N–H and O–H groups in total. The molecule has 4 rings (SSSR count). The largest absolute Gasteiger partial charge is 0.393 e. The van der Waals surface area contributed by atoms with Gasteiger partial charge in [0, 0.05) is 5.92 Å². The first-order valence-electron chi connectivity index (χ1n) is 17.3. The van der Waals surface area contributed by atoms with Crippen molar-refractivity contribution in [2.75, 3.05) is 0 Å². The topological polar surface area (TPSA) is 20.2 Å². The smallest absolute Gasteiger partial charge is 0.0512 e. The van der Waals surface area contributed by atoms with E-state index in [1.165, 1.54) is 36.8 Å². The summed E-state index contributed by atoms with van der Waals surface area (Å²) in [5, 5.41) is 9.90. The maximum absolute atomic E-state index is 9.90. The van der Waals surface area contributed by atoms with E-state index in [-0.39, 0.29) is 16.9 Å². The molecule has 1 nitrogen and oxygen atoms in total. The predicted molar refractivity (Wildman–Crippen MR) is 174 cm³/mol. The van der Waals surface area contributed by atoms with Gasteiger partial charge in [0.25, 0.3) is 0 Å². The lowest BCUT2D eigenvalue weighted by Gasteiger charge is -2.76. The normalized spacial score (nSPS) is 51.9. The average Bonchev–Trinajstić information content (AvgIpc) is 2.83. The van der Waals surface area contributed by atoms with Gasteiger partial charge in [0.15, 0.2) is 0 Å². The molecule has 0 aliphatic heterocycles. The minimum atomic E-state index is -0.176. The van der Waals surface area contributed by atoms with Crippen LogP contribution in [0, 0.1) is 86.8 Å². The van der Waals surface area contributed by atoms with Crippen molar-refractivity contribution in [2.24, 2.45) is 86.8 Å². The Balaban J connectivity index is 1.74. The van der Waals surface area contributed by atoms with Crippen molar-refractivity contribution in [3.63, 3.8) is 0 Å². The lowest BCUT2D eigenvalue weighted by molar-refractivity contribution is -0.259. The van der Waals surface area contributed by atoms with E-state index in [0.29, 0.717) is 40.4 Å². The molecule has 0 radical (unpaired) electrons. The third-order valence-electron chi connectivity index (χ3n) is 15.9. The summed E-state index contributed by atoms with van der Waals surface area (Å²) in [6.45, 7) is 42.6. The molecular weight excluding hydrogens is 484 g/mol. The molecule has 15 unspecified atom stereocenters. The number of rotatable bonds is 6. The van der Waals surface area contributed by atoms with Crippen molar-refractivity contribution in [3.05, 3.63) is 24.3 Å². The van der Waals surface area contributed by atoms with Gasteiger partial charge in [0.05, 0.1) is 6.10 Å². The highest BCUT2D eigenvalue weighted by Gasteiger charge is 2.72. The van der Waals surface area contributed by atoms with Crippen LogP contribution in [-0.4, -0.2) is 11.2 Å². The van der Waals surface area contributed by atoms with Crippen molar-refractivity contribution in [1.29, 1.82) is 0 Å². The summed E-state index contributed by atoms with van der Waals surface area (Å²) in [6, 6.07) is 0. The molecular formula is C39H68O. The van der Waals surface area contributed by atoms with Crippen LogP contribution in [0.3, 0.4) is 0 Å². The third kappa shape index (κ3) is 4.31.